The van der Waals surface area contributed by atoms with Crippen molar-refractivity contribution in [3.8, 4) is 5.75 Å². The largest absolute Gasteiger partial charge is 0.491 e. The van der Waals surface area contributed by atoms with Crippen LogP contribution < -0.4 is 4.74 Å². The van der Waals surface area contributed by atoms with Crippen molar-refractivity contribution in [1.82, 2.24) is 4.90 Å². The first-order valence-corrected chi connectivity index (χ1v) is 10.9. The molecule has 194 valence electrons. The number of benzene rings is 1. The van der Waals surface area contributed by atoms with Crippen LogP contribution in [-0.2, 0) is 25.5 Å². The Hall–Kier alpha value is -2.09. The predicted molar refractivity (Wildman–Crippen MR) is 122 cm³/mol. The lowest BCUT2D eigenvalue weighted by Gasteiger charge is -2.30. The van der Waals surface area contributed by atoms with Crippen molar-refractivity contribution in [2.75, 3.05) is 59.9 Å². The maximum Gasteiger partial charge on any atom is 0.246 e. The van der Waals surface area contributed by atoms with E-state index < -0.39 is 36.9 Å². The van der Waals surface area contributed by atoms with Gasteiger partial charge in [0.2, 0.25) is 5.91 Å². The van der Waals surface area contributed by atoms with Gasteiger partial charge in [0, 0.05) is 20.2 Å². The molecular formula is C23H37NO10. The van der Waals surface area contributed by atoms with E-state index in [1.54, 1.807) is 31.4 Å². The number of carbonyl (C=O) groups is 1. The Morgan fingerprint density at radius 3 is 2.06 bits per heavy atom. The minimum atomic E-state index is -1.77. The highest BCUT2D eigenvalue weighted by atomic mass is 16.6. The van der Waals surface area contributed by atoms with Crippen molar-refractivity contribution in [3.05, 3.63) is 42.5 Å². The number of aliphatic hydroxyl groups is 5. The molecule has 1 rings (SSSR count). The Morgan fingerprint density at radius 2 is 1.50 bits per heavy atom. The second-order valence-corrected chi connectivity index (χ2v) is 7.43. The molecule has 1 amide bonds. The molecule has 0 fully saturated rings. The molecular weight excluding hydrogens is 450 g/mol. The van der Waals surface area contributed by atoms with E-state index in [0.29, 0.717) is 45.4 Å². The van der Waals surface area contributed by atoms with Crippen molar-refractivity contribution in [3.63, 3.8) is 0 Å². The van der Waals surface area contributed by atoms with E-state index in [0.717, 1.165) is 11.6 Å². The average molecular weight is 488 g/mol. The lowest BCUT2D eigenvalue weighted by Crippen LogP contribution is -2.50. The fraction of sp³-hybridized carbons (Fsp3) is 0.609. The van der Waals surface area contributed by atoms with Gasteiger partial charge in [-0.2, -0.15) is 0 Å². The number of carbonyl (C=O) groups excluding carboxylic acids is 1. The van der Waals surface area contributed by atoms with Crippen molar-refractivity contribution in [1.29, 1.82) is 0 Å². The van der Waals surface area contributed by atoms with Crippen LogP contribution in [0.15, 0.2) is 36.9 Å². The highest BCUT2D eigenvalue weighted by Crippen LogP contribution is 2.15. The number of nitrogens with zero attached hydrogens (tertiary/aromatic N) is 1. The van der Waals surface area contributed by atoms with Crippen LogP contribution in [0.25, 0.3) is 0 Å². The van der Waals surface area contributed by atoms with Crippen molar-refractivity contribution in [2.45, 2.75) is 31.0 Å². The van der Waals surface area contributed by atoms with Crippen molar-refractivity contribution in [2.24, 2.45) is 0 Å². The van der Waals surface area contributed by atoms with Crippen LogP contribution in [-0.4, -0.2) is 121 Å². The van der Waals surface area contributed by atoms with Crippen LogP contribution in [0.2, 0.25) is 0 Å². The molecule has 0 aromatic heterocycles. The molecule has 11 nitrogen and oxygen atoms in total. The molecule has 0 spiro atoms. The topological polar surface area (TPSA) is 158 Å². The summed E-state index contributed by atoms with van der Waals surface area (Å²) in [5.41, 5.74) is 0.727. The van der Waals surface area contributed by atoms with Gasteiger partial charge in [-0.3, -0.25) is 4.79 Å². The Balaban J connectivity index is 2.50. The lowest BCUT2D eigenvalue weighted by molar-refractivity contribution is -0.136. The Kier molecular flexibility index (Phi) is 15.3. The minimum absolute atomic E-state index is 0.0970. The molecule has 0 aliphatic carbocycles. The van der Waals surface area contributed by atoms with Gasteiger partial charge in [0.1, 0.15) is 36.8 Å². The summed E-state index contributed by atoms with van der Waals surface area (Å²) >= 11 is 0. The predicted octanol–water partition coefficient (Wildman–Crippen LogP) is -1.30. The lowest BCUT2D eigenvalue weighted by atomic mass is 10.0. The monoisotopic (exact) mass is 487 g/mol. The van der Waals surface area contributed by atoms with Gasteiger partial charge in [0.15, 0.2) is 0 Å². The second kappa shape index (κ2) is 17.4. The van der Waals surface area contributed by atoms with Gasteiger partial charge in [-0.1, -0.05) is 18.7 Å². The maximum absolute atomic E-state index is 12.2. The van der Waals surface area contributed by atoms with Gasteiger partial charge >= 0.3 is 0 Å². The van der Waals surface area contributed by atoms with Crippen LogP contribution >= 0.6 is 0 Å². The fourth-order valence-electron chi connectivity index (χ4n) is 2.85. The van der Waals surface area contributed by atoms with Crippen LogP contribution in [0, 0.1) is 0 Å². The van der Waals surface area contributed by atoms with Gasteiger partial charge < -0.3 is 49.4 Å². The standard InChI is InChI=1S/C23H37NO10/c1-3-21(28)24(15-19(26)22(29)23(30)20(27)16-25)14-17-4-6-18(7-5-17)34-13-12-33-11-10-32-9-8-31-2/h3-7,19-20,22-23,25-27,29-30H,1,8-16H2,2H3/t19-,20+,22+,23+/m0/s1. The summed E-state index contributed by atoms with van der Waals surface area (Å²) in [4.78, 5) is 13.4. The summed E-state index contributed by atoms with van der Waals surface area (Å²) in [5, 5.41) is 48.3. The number of rotatable bonds is 19. The molecule has 11 heteroatoms. The zero-order chi connectivity index (χ0) is 25.3. The van der Waals surface area contributed by atoms with E-state index in [1.807, 2.05) is 0 Å². The van der Waals surface area contributed by atoms with Crippen molar-refractivity contribution >= 4 is 5.91 Å². The Morgan fingerprint density at radius 1 is 0.941 bits per heavy atom. The van der Waals surface area contributed by atoms with E-state index in [-0.39, 0.29) is 13.1 Å². The number of methoxy groups -OCH3 is 1. The zero-order valence-electron chi connectivity index (χ0n) is 19.5. The third-order valence-electron chi connectivity index (χ3n) is 4.82. The molecule has 0 bridgehead atoms. The minimum Gasteiger partial charge on any atom is -0.491 e. The molecule has 0 saturated carbocycles. The van der Waals surface area contributed by atoms with E-state index in [9.17, 15) is 25.2 Å². The molecule has 0 aliphatic heterocycles. The molecule has 0 radical (unpaired) electrons. The summed E-state index contributed by atoms with van der Waals surface area (Å²) in [6.07, 6.45) is -5.66. The molecule has 0 aliphatic rings. The molecule has 1 aromatic rings. The van der Waals surface area contributed by atoms with E-state index in [2.05, 4.69) is 6.58 Å². The van der Waals surface area contributed by atoms with Gasteiger partial charge in [0.05, 0.1) is 39.6 Å². The van der Waals surface area contributed by atoms with Crippen LogP contribution in [0.5, 0.6) is 5.75 Å². The molecule has 4 atom stereocenters. The molecule has 0 unspecified atom stereocenters. The summed E-state index contributed by atoms with van der Waals surface area (Å²) in [6.45, 7) is 5.16. The van der Waals surface area contributed by atoms with Crippen molar-refractivity contribution < 1.29 is 49.3 Å². The van der Waals surface area contributed by atoms with Crippen LogP contribution in [0.4, 0.5) is 0 Å². The summed E-state index contributed by atoms with van der Waals surface area (Å²) in [6, 6.07) is 6.95. The van der Waals surface area contributed by atoms with Crippen LogP contribution in [0.3, 0.4) is 0 Å². The molecule has 34 heavy (non-hydrogen) atoms. The number of ether oxygens (including phenoxy) is 4. The SMILES string of the molecule is C=CC(=O)N(Cc1ccc(OCCOCCOCCOC)cc1)C[C@H](O)[C@@H](O)[C@H](O)[C@H](O)CO. The number of aliphatic hydroxyl groups excluding tert-OH is 5. The molecule has 0 saturated heterocycles. The Labute approximate surface area is 199 Å². The third-order valence-corrected chi connectivity index (χ3v) is 4.82. The molecule has 1 aromatic carbocycles. The van der Waals surface area contributed by atoms with E-state index >= 15 is 0 Å². The van der Waals surface area contributed by atoms with Gasteiger partial charge in [-0.25, -0.2) is 0 Å². The fourth-order valence-corrected chi connectivity index (χ4v) is 2.85. The number of amides is 1. The first kappa shape index (κ1) is 29.9. The first-order chi connectivity index (χ1) is 16.3. The maximum atomic E-state index is 12.2. The second-order valence-electron chi connectivity index (χ2n) is 7.43. The summed E-state index contributed by atoms with van der Waals surface area (Å²) in [7, 11) is 1.61. The number of hydrogen-bond donors (Lipinski definition) is 5. The van der Waals surface area contributed by atoms with E-state index in [1.165, 1.54) is 4.90 Å². The first-order valence-electron chi connectivity index (χ1n) is 10.9. The van der Waals surface area contributed by atoms with E-state index in [4.69, 9.17) is 24.1 Å². The average Bonchev–Trinajstić information content (AvgIpc) is 2.86. The summed E-state index contributed by atoms with van der Waals surface area (Å²) in [5.74, 6) is 0.119. The molecule has 0 heterocycles. The highest BCUT2D eigenvalue weighted by Gasteiger charge is 2.31. The Bertz CT molecular complexity index is 687. The summed E-state index contributed by atoms with van der Waals surface area (Å²) < 4.78 is 21.2. The number of hydrogen-bond acceptors (Lipinski definition) is 10. The van der Waals surface area contributed by atoms with Gasteiger partial charge in [-0.05, 0) is 23.8 Å². The highest BCUT2D eigenvalue weighted by molar-refractivity contribution is 5.87. The smallest absolute Gasteiger partial charge is 0.246 e. The van der Waals surface area contributed by atoms with Gasteiger partial charge in [-0.15, -0.1) is 0 Å². The quantitative estimate of drug-likeness (QED) is 0.117. The third kappa shape index (κ3) is 11.4. The zero-order valence-corrected chi connectivity index (χ0v) is 19.5. The van der Waals surface area contributed by atoms with Crippen LogP contribution in [0.1, 0.15) is 5.56 Å². The van der Waals surface area contributed by atoms with Gasteiger partial charge in [0.25, 0.3) is 0 Å². The normalized spacial score (nSPS) is 14.8. The molecule has 5 N–H and O–H groups in total.